The Labute approximate surface area is 129 Å². The molecule has 1 aromatic carbocycles. The number of carbonyl (C=O) groups excluding carboxylic acids is 2. The van der Waals surface area contributed by atoms with E-state index >= 15 is 0 Å². The van der Waals surface area contributed by atoms with E-state index in [-0.39, 0.29) is 18.4 Å². The van der Waals surface area contributed by atoms with E-state index in [9.17, 15) is 9.59 Å². The number of para-hydroxylation sites is 1. The molecule has 22 heavy (non-hydrogen) atoms. The van der Waals surface area contributed by atoms with E-state index in [0.717, 1.165) is 5.56 Å². The van der Waals surface area contributed by atoms with Crippen LogP contribution in [0, 0.1) is 0 Å². The van der Waals surface area contributed by atoms with Gasteiger partial charge in [0, 0.05) is 31.2 Å². The highest BCUT2D eigenvalue weighted by Crippen LogP contribution is 2.05. The van der Waals surface area contributed by atoms with Crippen molar-refractivity contribution in [1.29, 1.82) is 0 Å². The maximum Gasteiger partial charge on any atom is 0.246 e. The molecule has 0 saturated heterocycles. The van der Waals surface area contributed by atoms with Crippen LogP contribution in [0.15, 0.2) is 60.9 Å². The predicted octanol–water partition coefficient (Wildman–Crippen LogP) is 2.19. The summed E-state index contributed by atoms with van der Waals surface area (Å²) in [5.74, 6) is -0.483. The van der Waals surface area contributed by atoms with Gasteiger partial charge in [0.25, 0.3) is 0 Å². The van der Waals surface area contributed by atoms with Crippen LogP contribution in [-0.2, 0) is 9.59 Å². The molecule has 112 valence electrons. The Kier molecular flexibility index (Phi) is 5.43. The molecule has 1 heterocycles. The largest absolute Gasteiger partial charge is 0.333 e. The highest BCUT2D eigenvalue weighted by molar-refractivity contribution is 5.97. The molecule has 0 aliphatic heterocycles. The summed E-state index contributed by atoms with van der Waals surface area (Å²) in [4.78, 5) is 29.1. The number of pyridine rings is 1. The van der Waals surface area contributed by atoms with Crippen molar-refractivity contribution in [3.63, 3.8) is 0 Å². The molecule has 0 atom stereocenters. The van der Waals surface area contributed by atoms with Gasteiger partial charge in [-0.15, -0.1) is 0 Å². The first-order valence-corrected chi connectivity index (χ1v) is 6.83. The number of carbonyl (C=O) groups is 2. The molecule has 0 fully saturated rings. The minimum absolute atomic E-state index is 0.00882. The third-order valence-electron chi connectivity index (χ3n) is 2.92. The van der Waals surface area contributed by atoms with Gasteiger partial charge in [-0.05, 0) is 29.8 Å². The lowest BCUT2D eigenvalue weighted by atomic mass is 10.2. The van der Waals surface area contributed by atoms with Crippen LogP contribution < -0.4 is 5.32 Å². The van der Waals surface area contributed by atoms with Crippen LogP contribution in [0.3, 0.4) is 0 Å². The lowest BCUT2D eigenvalue weighted by Crippen LogP contribution is -2.33. The van der Waals surface area contributed by atoms with Crippen molar-refractivity contribution < 1.29 is 9.59 Å². The number of nitrogens with zero attached hydrogens (tertiary/aromatic N) is 2. The fraction of sp³-hybridized carbons (Fsp3) is 0.118. The van der Waals surface area contributed by atoms with E-state index in [1.54, 1.807) is 43.7 Å². The lowest BCUT2D eigenvalue weighted by Gasteiger charge is -2.14. The first-order valence-electron chi connectivity index (χ1n) is 6.83. The molecule has 0 saturated carbocycles. The quantitative estimate of drug-likeness (QED) is 0.860. The minimum atomic E-state index is -0.243. The van der Waals surface area contributed by atoms with Gasteiger partial charge in [-0.25, -0.2) is 0 Å². The van der Waals surface area contributed by atoms with E-state index in [2.05, 4.69) is 10.3 Å². The van der Waals surface area contributed by atoms with Gasteiger partial charge < -0.3 is 10.2 Å². The number of rotatable bonds is 5. The summed E-state index contributed by atoms with van der Waals surface area (Å²) >= 11 is 0. The van der Waals surface area contributed by atoms with Crippen LogP contribution in [0.5, 0.6) is 0 Å². The second kappa shape index (κ2) is 7.73. The minimum Gasteiger partial charge on any atom is -0.333 e. The van der Waals surface area contributed by atoms with Crippen molar-refractivity contribution in [2.75, 3.05) is 18.9 Å². The molecule has 0 bridgehead atoms. The summed E-state index contributed by atoms with van der Waals surface area (Å²) in [5, 5.41) is 2.73. The molecule has 0 spiro atoms. The number of hydrogen-bond acceptors (Lipinski definition) is 3. The molecule has 0 radical (unpaired) electrons. The van der Waals surface area contributed by atoms with Gasteiger partial charge in [-0.3, -0.25) is 14.6 Å². The SMILES string of the molecule is CN(CC(=O)Nc1ccccc1)C(=O)/C=C/c1cccnc1. The highest BCUT2D eigenvalue weighted by Gasteiger charge is 2.10. The van der Waals surface area contributed by atoms with Crippen LogP contribution in [0.4, 0.5) is 5.69 Å². The van der Waals surface area contributed by atoms with E-state index in [4.69, 9.17) is 0 Å². The average molecular weight is 295 g/mol. The van der Waals surface area contributed by atoms with Gasteiger partial charge in [0.05, 0.1) is 6.54 Å². The maximum absolute atomic E-state index is 11.9. The van der Waals surface area contributed by atoms with Gasteiger partial charge in [-0.2, -0.15) is 0 Å². The first kappa shape index (κ1) is 15.4. The molecular weight excluding hydrogens is 278 g/mol. The zero-order chi connectivity index (χ0) is 15.8. The van der Waals surface area contributed by atoms with Crippen LogP contribution in [0.2, 0.25) is 0 Å². The zero-order valence-corrected chi connectivity index (χ0v) is 12.3. The van der Waals surface area contributed by atoms with Crippen molar-refractivity contribution in [3.8, 4) is 0 Å². The number of amides is 2. The zero-order valence-electron chi connectivity index (χ0n) is 12.3. The molecule has 2 aromatic rings. The Hall–Kier alpha value is -2.95. The van der Waals surface area contributed by atoms with Crippen molar-refractivity contribution in [2.24, 2.45) is 0 Å². The Bertz CT molecular complexity index is 654. The Morgan fingerprint density at radius 2 is 1.95 bits per heavy atom. The average Bonchev–Trinajstić information content (AvgIpc) is 2.54. The number of likely N-dealkylation sites (N-methyl/N-ethyl adjacent to an activating group) is 1. The van der Waals surface area contributed by atoms with Crippen molar-refractivity contribution in [1.82, 2.24) is 9.88 Å². The van der Waals surface area contributed by atoms with Gasteiger partial charge in [0.1, 0.15) is 0 Å². The monoisotopic (exact) mass is 295 g/mol. The van der Waals surface area contributed by atoms with Gasteiger partial charge in [0.2, 0.25) is 11.8 Å². The summed E-state index contributed by atoms with van der Waals surface area (Å²) in [6.07, 6.45) is 6.42. The molecule has 1 aromatic heterocycles. The van der Waals surface area contributed by atoms with E-state index < -0.39 is 0 Å². The highest BCUT2D eigenvalue weighted by atomic mass is 16.2. The topological polar surface area (TPSA) is 62.3 Å². The molecule has 5 heteroatoms. The predicted molar refractivity (Wildman–Crippen MR) is 86.0 cm³/mol. The summed E-state index contributed by atoms with van der Waals surface area (Å²) in [6, 6.07) is 12.8. The summed E-state index contributed by atoms with van der Waals surface area (Å²) in [7, 11) is 1.58. The van der Waals surface area contributed by atoms with Gasteiger partial charge >= 0.3 is 0 Å². The van der Waals surface area contributed by atoms with Gasteiger partial charge in [0.15, 0.2) is 0 Å². The molecule has 0 unspecified atom stereocenters. The Balaban J connectivity index is 1.86. The fourth-order valence-electron chi connectivity index (χ4n) is 1.78. The van der Waals surface area contributed by atoms with Crippen LogP contribution in [0.25, 0.3) is 6.08 Å². The van der Waals surface area contributed by atoms with Crippen LogP contribution >= 0.6 is 0 Å². The number of anilines is 1. The fourth-order valence-corrected chi connectivity index (χ4v) is 1.78. The number of hydrogen-bond donors (Lipinski definition) is 1. The Morgan fingerprint density at radius 3 is 2.64 bits per heavy atom. The summed E-state index contributed by atoms with van der Waals surface area (Å²) < 4.78 is 0. The molecule has 2 amide bonds. The second-order valence-corrected chi connectivity index (χ2v) is 4.73. The molecular formula is C17H17N3O2. The van der Waals surface area contributed by atoms with Crippen LogP contribution in [-0.4, -0.2) is 35.3 Å². The molecule has 2 rings (SSSR count). The van der Waals surface area contributed by atoms with E-state index in [1.165, 1.54) is 11.0 Å². The normalized spacial score (nSPS) is 10.4. The van der Waals surface area contributed by atoms with Crippen molar-refractivity contribution >= 4 is 23.6 Å². The van der Waals surface area contributed by atoms with Crippen molar-refractivity contribution in [2.45, 2.75) is 0 Å². The molecule has 0 aliphatic rings. The molecule has 1 N–H and O–H groups in total. The third kappa shape index (κ3) is 4.86. The first-order chi connectivity index (χ1) is 10.6. The number of aromatic nitrogens is 1. The van der Waals surface area contributed by atoms with Gasteiger partial charge in [-0.1, -0.05) is 24.3 Å². The Morgan fingerprint density at radius 1 is 1.18 bits per heavy atom. The molecule has 5 nitrogen and oxygen atoms in total. The maximum atomic E-state index is 11.9. The molecule has 0 aliphatic carbocycles. The lowest BCUT2D eigenvalue weighted by molar-refractivity contribution is -0.129. The standard InChI is InChI=1S/C17H17N3O2/c1-20(13-16(21)19-15-7-3-2-4-8-15)17(22)10-9-14-6-5-11-18-12-14/h2-12H,13H2,1H3,(H,19,21)/b10-9+. The van der Waals surface area contributed by atoms with E-state index in [1.807, 2.05) is 24.3 Å². The second-order valence-electron chi connectivity index (χ2n) is 4.73. The van der Waals surface area contributed by atoms with Crippen LogP contribution in [0.1, 0.15) is 5.56 Å². The number of benzene rings is 1. The van der Waals surface area contributed by atoms with Crippen molar-refractivity contribution in [3.05, 3.63) is 66.5 Å². The van der Waals surface area contributed by atoms with E-state index in [0.29, 0.717) is 5.69 Å². The third-order valence-corrected chi connectivity index (χ3v) is 2.92. The summed E-state index contributed by atoms with van der Waals surface area (Å²) in [5.41, 5.74) is 1.54. The smallest absolute Gasteiger partial charge is 0.246 e. The number of nitrogens with one attached hydrogen (secondary N) is 1. The summed E-state index contributed by atoms with van der Waals surface area (Å²) in [6.45, 7) is -0.00882.